The van der Waals surface area contributed by atoms with Crippen LogP contribution in [0.2, 0.25) is 0 Å². The van der Waals surface area contributed by atoms with Gasteiger partial charge in [0.2, 0.25) is 5.91 Å². The van der Waals surface area contributed by atoms with Crippen molar-refractivity contribution < 1.29 is 41.0 Å². The number of amides is 1. The standard InChI is InChI=1S/C37H34F3N5O6S/c1-23-9-11-25(12-10-23)31-22-33(37(38,39)40)43-45(31)27-15-17-28(18-16-27)52(49,50)44-34(47)20-13-24-7-5-6-8-30(24)42-41-26-14-19-32(46)29(21-26)35(48)51-36(2,3)4/h5-12,14-19,21-22,46H,13,20H2,1-4H3,(H,44,47)/b42-41+. The number of alkyl halides is 3. The van der Waals surface area contributed by atoms with E-state index in [1.54, 1.807) is 69.3 Å². The van der Waals surface area contributed by atoms with Gasteiger partial charge in [0.15, 0.2) is 5.69 Å². The Morgan fingerprint density at radius 3 is 2.23 bits per heavy atom. The second kappa shape index (κ2) is 14.8. The number of rotatable bonds is 10. The maximum atomic E-state index is 13.6. The summed E-state index contributed by atoms with van der Waals surface area (Å²) in [6, 6.07) is 23.5. The molecule has 0 radical (unpaired) electrons. The molecule has 2 N–H and O–H groups in total. The summed E-state index contributed by atoms with van der Waals surface area (Å²) in [6.45, 7) is 6.93. The highest BCUT2D eigenvalue weighted by atomic mass is 32.2. The molecule has 0 spiro atoms. The molecule has 4 aromatic carbocycles. The van der Waals surface area contributed by atoms with E-state index in [0.717, 1.165) is 16.3 Å². The van der Waals surface area contributed by atoms with Crippen LogP contribution in [0.25, 0.3) is 16.9 Å². The van der Waals surface area contributed by atoms with E-state index in [2.05, 4.69) is 15.3 Å². The monoisotopic (exact) mass is 733 g/mol. The average Bonchev–Trinajstić information content (AvgIpc) is 3.53. The van der Waals surface area contributed by atoms with Gasteiger partial charge in [0, 0.05) is 12.0 Å². The first-order valence-electron chi connectivity index (χ1n) is 15.9. The van der Waals surface area contributed by atoms with Crippen LogP contribution in [0.4, 0.5) is 24.5 Å². The number of aryl methyl sites for hydroxylation is 2. The fourth-order valence-corrected chi connectivity index (χ4v) is 5.95. The molecule has 0 bridgehead atoms. The molecule has 0 saturated heterocycles. The number of azo groups is 1. The largest absolute Gasteiger partial charge is 0.507 e. The SMILES string of the molecule is Cc1ccc(-c2cc(C(F)(F)F)nn2-c2ccc(S(=O)(=O)NC(=O)CCc3ccccc3/N=N/c3ccc(O)c(C(=O)OC(C)(C)C)c3)cc2)cc1. The smallest absolute Gasteiger partial charge is 0.435 e. The van der Waals surface area contributed by atoms with Gasteiger partial charge in [-0.05, 0) is 94.3 Å². The van der Waals surface area contributed by atoms with Gasteiger partial charge in [0.1, 0.15) is 16.9 Å². The number of carbonyl (C=O) groups is 2. The maximum absolute atomic E-state index is 13.6. The van der Waals surface area contributed by atoms with Crippen LogP contribution in [0.3, 0.4) is 0 Å². The molecule has 1 heterocycles. The van der Waals surface area contributed by atoms with Crippen LogP contribution in [0.5, 0.6) is 5.75 Å². The van der Waals surface area contributed by atoms with Gasteiger partial charge >= 0.3 is 12.1 Å². The number of phenols is 1. The molecule has 5 rings (SSSR count). The van der Waals surface area contributed by atoms with E-state index in [1.807, 2.05) is 11.6 Å². The Kier molecular flexibility index (Phi) is 10.7. The molecule has 5 aromatic rings. The number of phenolic OH excluding ortho intramolecular Hbond substituents is 1. The van der Waals surface area contributed by atoms with Crippen LogP contribution >= 0.6 is 0 Å². The summed E-state index contributed by atoms with van der Waals surface area (Å²) in [7, 11) is -4.34. The summed E-state index contributed by atoms with van der Waals surface area (Å²) in [4.78, 5) is 25.0. The summed E-state index contributed by atoms with van der Waals surface area (Å²) in [5.41, 5.74) is 0.972. The molecule has 0 aliphatic carbocycles. The third-order valence-corrected chi connectivity index (χ3v) is 8.86. The highest BCUT2D eigenvalue weighted by molar-refractivity contribution is 7.90. The normalized spacial score (nSPS) is 12.2. The number of carbonyl (C=O) groups excluding carboxylic acids is 2. The predicted molar refractivity (Wildman–Crippen MR) is 186 cm³/mol. The van der Waals surface area contributed by atoms with Crippen molar-refractivity contribution in [2.45, 2.75) is 57.2 Å². The molecule has 0 unspecified atom stereocenters. The zero-order chi connectivity index (χ0) is 37.8. The molecule has 0 fully saturated rings. The molecule has 0 atom stereocenters. The third kappa shape index (κ3) is 9.28. The summed E-state index contributed by atoms with van der Waals surface area (Å²) < 4.78 is 75.3. The number of hydrogen-bond acceptors (Lipinski definition) is 9. The summed E-state index contributed by atoms with van der Waals surface area (Å²) in [5.74, 6) is -1.82. The summed E-state index contributed by atoms with van der Waals surface area (Å²) >= 11 is 0. The van der Waals surface area contributed by atoms with Crippen molar-refractivity contribution in [3.63, 3.8) is 0 Å². The molecule has 52 heavy (non-hydrogen) atoms. The number of aromatic nitrogens is 2. The molecular weight excluding hydrogens is 699 g/mol. The lowest BCUT2D eigenvalue weighted by Crippen LogP contribution is -2.30. The molecular formula is C37H34F3N5O6S. The number of halogens is 3. The first-order chi connectivity index (χ1) is 24.4. The average molecular weight is 734 g/mol. The molecule has 0 saturated carbocycles. The Bertz CT molecular complexity index is 2240. The van der Waals surface area contributed by atoms with Gasteiger partial charge in [0.25, 0.3) is 10.0 Å². The van der Waals surface area contributed by atoms with Crippen molar-refractivity contribution in [2.24, 2.45) is 10.2 Å². The summed E-state index contributed by atoms with van der Waals surface area (Å²) in [6.07, 6.45) is -4.85. The molecule has 1 amide bonds. The van der Waals surface area contributed by atoms with E-state index in [4.69, 9.17) is 4.74 Å². The van der Waals surface area contributed by atoms with Crippen LogP contribution in [-0.4, -0.2) is 40.8 Å². The molecule has 1 aromatic heterocycles. The van der Waals surface area contributed by atoms with Gasteiger partial charge in [-0.15, -0.1) is 0 Å². The maximum Gasteiger partial charge on any atom is 0.435 e. The lowest BCUT2D eigenvalue weighted by Gasteiger charge is -2.19. The Morgan fingerprint density at radius 2 is 1.58 bits per heavy atom. The van der Waals surface area contributed by atoms with E-state index in [9.17, 15) is 36.3 Å². The number of ether oxygens (including phenoxy) is 1. The number of nitrogens with one attached hydrogen (secondary N) is 1. The summed E-state index contributed by atoms with van der Waals surface area (Å²) in [5, 5.41) is 22.3. The van der Waals surface area contributed by atoms with Crippen molar-refractivity contribution in [3.05, 3.63) is 119 Å². The molecule has 15 heteroatoms. The zero-order valence-corrected chi connectivity index (χ0v) is 29.3. The number of nitrogens with zero attached hydrogens (tertiary/aromatic N) is 4. The first-order valence-corrected chi connectivity index (χ1v) is 17.3. The van der Waals surface area contributed by atoms with E-state index in [-0.39, 0.29) is 46.1 Å². The Labute approximate surface area is 297 Å². The van der Waals surface area contributed by atoms with Crippen LogP contribution in [0.15, 0.2) is 112 Å². The topological polar surface area (TPSA) is 152 Å². The van der Waals surface area contributed by atoms with Crippen LogP contribution in [-0.2, 0) is 32.2 Å². The fourth-order valence-electron chi connectivity index (χ4n) is 4.94. The molecule has 270 valence electrons. The van der Waals surface area contributed by atoms with E-state index >= 15 is 0 Å². The number of sulfonamides is 1. The van der Waals surface area contributed by atoms with Crippen LogP contribution in [0.1, 0.15) is 54.4 Å². The Morgan fingerprint density at radius 1 is 0.904 bits per heavy atom. The quantitative estimate of drug-likeness (QED) is 0.108. The van der Waals surface area contributed by atoms with Gasteiger partial charge in [-0.25, -0.2) is 22.6 Å². The number of hydrogen-bond donors (Lipinski definition) is 2. The highest BCUT2D eigenvalue weighted by Gasteiger charge is 2.35. The lowest BCUT2D eigenvalue weighted by atomic mass is 10.1. The van der Waals surface area contributed by atoms with Crippen molar-refractivity contribution in [3.8, 4) is 22.7 Å². The second-order valence-electron chi connectivity index (χ2n) is 12.7. The highest BCUT2D eigenvalue weighted by Crippen LogP contribution is 2.34. The molecule has 11 nitrogen and oxygen atoms in total. The fraction of sp³-hybridized carbons (Fsp3) is 0.216. The minimum absolute atomic E-state index is 0.0869. The first kappa shape index (κ1) is 37.4. The van der Waals surface area contributed by atoms with E-state index in [1.165, 1.54) is 42.5 Å². The van der Waals surface area contributed by atoms with Crippen LogP contribution in [0, 0.1) is 6.92 Å². The van der Waals surface area contributed by atoms with Gasteiger partial charge in [-0.1, -0.05) is 48.0 Å². The van der Waals surface area contributed by atoms with Crippen molar-refractivity contribution >= 4 is 33.3 Å². The van der Waals surface area contributed by atoms with Gasteiger partial charge in [-0.3, -0.25) is 4.79 Å². The van der Waals surface area contributed by atoms with Crippen molar-refractivity contribution in [1.29, 1.82) is 0 Å². The number of aromatic hydroxyl groups is 1. The van der Waals surface area contributed by atoms with Crippen molar-refractivity contribution in [2.75, 3.05) is 0 Å². The number of benzene rings is 4. The van der Waals surface area contributed by atoms with E-state index in [0.29, 0.717) is 16.8 Å². The third-order valence-electron chi connectivity index (χ3n) is 7.47. The van der Waals surface area contributed by atoms with Crippen LogP contribution < -0.4 is 4.72 Å². The minimum atomic E-state index is -4.71. The molecule has 0 aliphatic heterocycles. The van der Waals surface area contributed by atoms with Gasteiger partial charge < -0.3 is 9.84 Å². The second-order valence-corrected chi connectivity index (χ2v) is 14.4. The zero-order valence-electron chi connectivity index (χ0n) is 28.5. The van der Waals surface area contributed by atoms with Gasteiger partial charge in [0.05, 0.1) is 27.7 Å². The number of esters is 1. The molecule has 0 aliphatic rings. The van der Waals surface area contributed by atoms with Crippen molar-refractivity contribution in [1.82, 2.24) is 14.5 Å². The Balaban J connectivity index is 1.27. The lowest BCUT2D eigenvalue weighted by molar-refractivity contribution is -0.141. The minimum Gasteiger partial charge on any atom is -0.507 e. The Hall–Kier alpha value is -5.83. The van der Waals surface area contributed by atoms with E-state index < -0.39 is 39.4 Å². The predicted octanol–water partition coefficient (Wildman–Crippen LogP) is 8.38. The van der Waals surface area contributed by atoms with Gasteiger partial charge in [-0.2, -0.15) is 28.5 Å².